The third-order valence-electron chi connectivity index (χ3n) is 3.63. The van der Waals surface area contributed by atoms with Crippen molar-refractivity contribution < 1.29 is 8.63 Å². The van der Waals surface area contributed by atoms with E-state index < -0.39 is 7.27 Å². The van der Waals surface area contributed by atoms with Gasteiger partial charge in [-0.15, -0.1) is 6.58 Å². The van der Waals surface area contributed by atoms with Crippen molar-refractivity contribution in [2.24, 2.45) is 0 Å². The van der Waals surface area contributed by atoms with Crippen LogP contribution in [0.4, 0.5) is 8.63 Å². The molecule has 2 aromatic carbocycles. The Bertz CT molecular complexity index is 618. The van der Waals surface area contributed by atoms with Crippen LogP contribution < -0.4 is 0 Å². The fourth-order valence-corrected chi connectivity index (χ4v) is 2.56. The van der Waals surface area contributed by atoms with Crippen LogP contribution in [-0.2, 0) is 6.42 Å². The second-order valence-electron chi connectivity index (χ2n) is 5.16. The van der Waals surface area contributed by atoms with Crippen LogP contribution in [0.25, 0.3) is 5.47 Å². The zero-order chi connectivity index (χ0) is 15.8. The summed E-state index contributed by atoms with van der Waals surface area (Å²) in [4.78, 5) is 0. The van der Waals surface area contributed by atoms with Gasteiger partial charge in [0.2, 0.25) is 0 Å². The van der Waals surface area contributed by atoms with Gasteiger partial charge in [-0.25, -0.2) is 0 Å². The molecule has 0 heterocycles. The van der Waals surface area contributed by atoms with Crippen molar-refractivity contribution in [2.75, 3.05) is 0 Å². The van der Waals surface area contributed by atoms with Crippen molar-refractivity contribution in [3.63, 3.8) is 0 Å². The Labute approximate surface area is 131 Å². The molecule has 2 aromatic rings. The highest BCUT2D eigenvalue weighted by Gasteiger charge is 2.24. The van der Waals surface area contributed by atoms with Gasteiger partial charge in [-0.05, 0) is 35.9 Å². The van der Waals surface area contributed by atoms with Crippen molar-refractivity contribution >= 4 is 12.7 Å². The van der Waals surface area contributed by atoms with E-state index in [1.54, 1.807) is 30.3 Å². The molecule has 0 fully saturated rings. The Hall–Kier alpha value is -2.16. The lowest BCUT2D eigenvalue weighted by Crippen LogP contribution is -2.07. The van der Waals surface area contributed by atoms with Gasteiger partial charge in [0.05, 0.1) is 0 Å². The van der Waals surface area contributed by atoms with E-state index in [1.165, 1.54) is 0 Å². The Morgan fingerprint density at radius 1 is 0.955 bits per heavy atom. The predicted octanol–water partition coefficient (Wildman–Crippen LogP) is 5.62. The van der Waals surface area contributed by atoms with E-state index in [0.29, 0.717) is 18.4 Å². The Balaban J connectivity index is 2.30. The fourth-order valence-electron chi connectivity index (χ4n) is 2.56. The zero-order valence-electron chi connectivity index (χ0n) is 12.5. The summed E-state index contributed by atoms with van der Waals surface area (Å²) >= 11 is 0. The van der Waals surface area contributed by atoms with Gasteiger partial charge in [0, 0.05) is 0 Å². The summed E-state index contributed by atoms with van der Waals surface area (Å²) < 4.78 is 27.2. The van der Waals surface area contributed by atoms with Crippen LogP contribution >= 0.6 is 0 Å². The van der Waals surface area contributed by atoms with Crippen molar-refractivity contribution in [3.8, 4) is 0 Å². The first-order chi connectivity index (χ1) is 10.7. The molecule has 0 nitrogen and oxygen atoms in total. The highest BCUT2D eigenvalue weighted by Crippen LogP contribution is 2.28. The van der Waals surface area contributed by atoms with Gasteiger partial charge in [0.1, 0.15) is 0 Å². The van der Waals surface area contributed by atoms with Crippen molar-refractivity contribution in [1.29, 1.82) is 0 Å². The minimum absolute atomic E-state index is 0.149. The highest BCUT2D eigenvalue weighted by atomic mass is 19.2. The number of hydrogen-bond donors (Lipinski definition) is 0. The highest BCUT2D eigenvalue weighted by molar-refractivity contribution is 6.67. The Morgan fingerprint density at radius 2 is 1.55 bits per heavy atom. The van der Waals surface area contributed by atoms with Crippen molar-refractivity contribution in [3.05, 3.63) is 90.0 Å². The molecule has 22 heavy (non-hydrogen) atoms. The molecule has 0 atom stereocenters. The van der Waals surface area contributed by atoms with Crippen LogP contribution in [0.2, 0.25) is 0 Å². The molecule has 0 spiro atoms. The molecular formula is C19H19BF2. The van der Waals surface area contributed by atoms with Gasteiger partial charge in [0.15, 0.2) is 0 Å². The standard InChI is InChI=1S/C19H19BF2/c1-2-9-17(15-14-16-10-5-3-6-11-16)19(20(21)22)18-12-7-4-8-13-18/h2-8,10-13H,1,9,14-15H2/b19-17-. The molecule has 0 aliphatic rings. The molecule has 0 aromatic heterocycles. The minimum Gasteiger partial charge on any atom is -0.281 e. The zero-order valence-corrected chi connectivity index (χ0v) is 12.5. The summed E-state index contributed by atoms with van der Waals surface area (Å²) in [5.74, 6) is 0. The third-order valence-corrected chi connectivity index (χ3v) is 3.63. The van der Waals surface area contributed by atoms with E-state index in [9.17, 15) is 8.63 Å². The van der Waals surface area contributed by atoms with Crippen LogP contribution in [0.1, 0.15) is 24.0 Å². The molecule has 0 radical (unpaired) electrons. The van der Waals surface area contributed by atoms with Crippen molar-refractivity contribution in [1.82, 2.24) is 0 Å². The van der Waals surface area contributed by atoms with Crippen LogP contribution in [0.15, 0.2) is 78.9 Å². The van der Waals surface area contributed by atoms with Gasteiger partial charge in [-0.1, -0.05) is 72.3 Å². The van der Waals surface area contributed by atoms with Gasteiger partial charge in [0.25, 0.3) is 0 Å². The molecule has 0 saturated heterocycles. The topological polar surface area (TPSA) is 0 Å². The average Bonchev–Trinajstić information content (AvgIpc) is 2.54. The number of benzene rings is 2. The number of hydrogen-bond acceptors (Lipinski definition) is 0. The maximum atomic E-state index is 13.6. The SMILES string of the molecule is C=CC/C(CCc1ccccc1)=C(/B(F)F)c1ccccc1. The molecule has 0 aliphatic heterocycles. The van der Waals surface area contributed by atoms with E-state index in [4.69, 9.17) is 0 Å². The Morgan fingerprint density at radius 3 is 2.09 bits per heavy atom. The maximum absolute atomic E-state index is 13.6. The summed E-state index contributed by atoms with van der Waals surface area (Å²) in [6.07, 6.45) is 3.56. The first-order valence-electron chi connectivity index (χ1n) is 7.42. The van der Waals surface area contributed by atoms with Gasteiger partial charge in [-0.2, -0.15) is 0 Å². The van der Waals surface area contributed by atoms with Crippen LogP contribution in [0.5, 0.6) is 0 Å². The quantitative estimate of drug-likeness (QED) is 0.460. The maximum Gasteiger partial charge on any atom is 0.572 e. The second kappa shape index (κ2) is 8.33. The smallest absolute Gasteiger partial charge is 0.281 e. The molecule has 2 rings (SSSR count). The molecular weight excluding hydrogens is 277 g/mol. The lowest BCUT2D eigenvalue weighted by molar-refractivity contribution is 0.684. The number of halogens is 2. The van der Waals surface area contributed by atoms with E-state index >= 15 is 0 Å². The molecule has 112 valence electrons. The normalized spacial score (nSPS) is 11.7. The monoisotopic (exact) mass is 296 g/mol. The molecule has 0 amide bonds. The summed E-state index contributed by atoms with van der Waals surface area (Å²) in [5.41, 5.74) is 2.67. The summed E-state index contributed by atoms with van der Waals surface area (Å²) in [7, 11) is -2.48. The lowest BCUT2D eigenvalue weighted by Gasteiger charge is -2.13. The lowest BCUT2D eigenvalue weighted by atomic mass is 9.74. The molecule has 0 bridgehead atoms. The molecule has 0 unspecified atom stereocenters. The van der Waals surface area contributed by atoms with Crippen LogP contribution in [-0.4, -0.2) is 7.27 Å². The molecule has 0 saturated carbocycles. The van der Waals surface area contributed by atoms with E-state index in [1.807, 2.05) is 36.4 Å². The number of rotatable bonds is 7. The first-order valence-corrected chi connectivity index (χ1v) is 7.42. The Kier molecular flexibility index (Phi) is 6.14. The second-order valence-corrected chi connectivity index (χ2v) is 5.16. The average molecular weight is 296 g/mol. The molecule has 0 aliphatic carbocycles. The van der Waals surface area contributed by atoms with Crippen LogP contribution in [0.3, 0.4) is 0 Å². The molecule has 3 heteroatoms. The third kappa shape index (κ3) is 4.42. The summed E-state index contributed by atoms with van der Waals surface area (Å²) in [6, 6.07) is 18.9. The van der Waals surface area contributed by atoms with E-state index in [0.717, 1.165) is 17.6 Å². The molecule has 0 N–H and O–H groups in total. The minimum atomic E-state index is -2.48. The van der Waals surface area contributed by atoms with Gasteiger partial charge in [-0.3, -0.25) is 8.63 Å². The van der Waals surface area contributed by atoms with E-state index in [2.05, 4.69) is 6.58 Å². The fraction of sp³-hybridized carbons (Fsp3) is 0.158. The largest absolute Gasteiger partial charge is 0.572 e. The predicted molar refractivity (Wildman–Crippen MR) is 90.9 cm³/mol. The number of aryl methyl sites for hydroxylation is 1. The van der Waals surface area contributed by atoms with Gasteiger partial charge >= 0.3 is 7.27 Å². The summed E-state index contributed by atoms with van der Waals surface area (Å²) in [6.45, 7) is 3.71. The van der Waals surface area contributed by atoms with Gasteiger partial charge < -0.3 is 0 Å². The van der Waals surface area contributed by atoms with E-state index in [-0.39, 0.29) is 5.47 Å². The number of allylic oxidation sites excluding steroid dienone is 2. The van der Waals surface area contributed by atoms with Crippen LogP contribution in [0, 0.1) is 0 Å². The first kappa shape index (κ1) is 16.2. The van der Waals surface area contributed by atoms with Crippen molar-refractivity contribution in [2.45, 2.75) is 19.3 Å². The summed E-state index contributed by atoms with van der Waals surface area (Å²) in [5, 5.41) is 0.